The number of hydrogen-bond donors (Lipinski definition) is 2. The second-order valence-electron chi connectivity index (χ2n) is 4.26. The molecule has 0 aliphatic carbocycles. The van der Waals surface area contributed by atoms with E-state index in [1.807, 2.05) is 17.9 Å². The zero-order valence-electron chi connectivity index (χ0n) is 10.8. The van der Waals surface area contributed by atoms with Crippen LogP contribution in [0.5, 0.6) is 0 Å². The zero-order chi connectivity index (χ0) is 14.1. The molecule has 0 unspecified atom stereocenters. The van der Waals surface area contributed by atoms with Gasteiger partial charge in [0.05, 0.1) is 11.6 Å². The SMILES string of the molecule is CCN(c1cccc(F)c1)c1nc(N)nc2[nH]ncc12. The Bertz CT molecular complexity index is 753. The first-order chi connectivity index (χ1) is 9.69. The van der Waals surface area contributed by atoms with Crippen molar-refractivity contribution in [3.63, 3.8) is 0 Å². The maximum Gasteiger partial charge on any atom is 0.224 e. The molecule has 0 aliphatic rings. The summed E-state index contributed by atoms with van der Waals surface area (Å²) in [6, 6.07) is 6.33. The number of nitrogens with zero attached hydrogens (tertiary/aromatic N) is 4. The molecular weight excluding hydrogens is 259 g/mol. The average Bonchev–Trinajstić information content (AvgIpc) is 2.87. The highest BCUT2D eigenvalue weighted by Crippen LogP contribution is 2.29. The molecule has 0 fully saturated rings. The molecule has 2 aromatic heterocycles. The normalized spacial score (nSPS) is 10.9. The van der Waals surface area contributed by atoms with E-state index in [1.165, 1.54) is 12.1 Å². The Morgan fingerprint density at radius 2 is 2.20 bits per heavy atom. The van der Waals surface area contributed by atoms with Crippen LogP contribution in [-0.4, -0.2) is 26.7 Å². The summed E-state index contributed by atoms with van der Waals surface area (Å²) in [6.07, 6.45) is 1.63. The van der Waals surface area contributed by atoms with Crippen LogP contribution in [-0.2, 0) is 0 Å². The van der Waals surface area contributed by atoms with E-state index in [2.05, 4.69) is 20.2 Å². The Hall–Kier alpha value is -2.70. The number of nitrogens with two attached hydrogens (primary N) is 1. The molecule has 0 amide bonds. The Kier molecular flexibility index (Phi) is 2.94. The van der Waals surface area contributed by atoms with Crippen LogP contribution in [0.4, 0.5) is 21.8 Å². The van der Waals surface area contributed by atoms with Crippen LogP contribution in [0.2, 0.25) is 0 Å². The molecule has 0 aliphatic heterocycles. The van der Waals surface area contributed by atoms with Gasteiger partial charge in [-0.05, 0) is 25.1 Å². The van der Waals surface area contributed by atoms with E-state index in [9.17, 15) is 4.39 Å². The Balaban J connectivity index is 2.18. The van der Waals surface area contributed by atoms with E-state index < -0.39 is 0 Å². The Morgan fingerprint density at radius 1 is 1.35 bits per heavy atom. The molecule has 0 spiro atoms. The fourth-order valence-electron chi connectivity index (χ4n) is 2.14. The van der Waals surface area contributed by atoms with Crippen molar-refractivity contribution in [3.05, 3.63) is 36.3 Å². The molecule has 3 N–H and O–H groups in total. The van der Waals surface area contributed by atoms with E-state index >= 15 is 0 Å². The number of aromatic amines is 1. The molecule has 7 heteroatoms. The third-order valence-electron chi connectivity index (χ3n) is 3.00. The highest BCUT2D eigenvalue weighted by atomic mass is 19.1. The quantitative estimate of drug-likeness (QED) is 0.763. The van der Waals surface area contributed by atoms with Gasteiger partial charge in [0.15, 0.2) is 5.65 Å². The number of rotatable bonds is 3. The van der Waals surface area contributed by atoms with Gasteiger partial charge in [0.1, 0.15) is 11.6 Å². The average molecular weight is 272 g/mol. The van der Waals surface area contributed by atoms with Gasteiger partial charge in [0, 0.05) is 12.2 Å². The van der Waals surface area contributed by atoms with Crippen molar-refractivity contribution in [1.29, 1.82) is 0 Å². The molecule has 3 aromatic rings. The molecule has 2 heterocycles. The van der Waals surface area contributed by atoms with Gasteiger partial charge in [-0.25, -0.2) is 4.39 Å². The second-order valence-corrected chi connectivity index (χ2v) is 4.26. The molecule has 102 valence electrons. The zero-order valence-corrected chi connectivity index (χ0v) is 10.8. The summed E-state index contributed by atoms with van der Waals surface area (Å²) < 4.78 is 13.4. The summed E-state index contributed by atoms with van der Waals surface area (Å²) in [4.78, 5) is 10.2. The summed E-state index contributed by atoms with van der Waals surface area (Å²) >= 11 is 0. The van der Waals surface area contributed by atoms with Gasteiger partial charge in [-0.15, -0.1) is 0 Å². The first kappa shape index (κ1) is 12.3. The van der Waals surface area contributed by atoms with Crippen molar-refractivity contribution in [2.45, 2.75) is 6.92 Å². The molecule has 20 heavy (non-hydrogen) atoms. The van der Waals surface area contributed by atoms with E-state index in [0.717, 1.165) is 5.39 Å². The molecule has 0 saturated heterocycles. The fraction of sp³-hybridized carbons (Fsp3) is 0.154. The standard InChI is InChI=1S/C13H13FN6/c1-2-20(9-5-3-4-8(14)6-9)12-10-7-16-19-11(10)17-13(15)18-12/h3-7H,2H2,1H3,(H3,15,16,17,18,19). The molecule has 0 bridgehead atoms. The lowest BCUT2D eigenvalue weighted by Crippen LogP contribution is -2.18. The smallest absolute Gasteiger partial charge is 0.224 e. The number of benzene rings is 1. The van der Waals surface area contributed by atoms with Gasteiger partial charge in [-0.3, -0.25) is 5.10 Å². The van der Waals surface area contributed by atoms with Crippen molar-refractivity contribution in [2.75, 3.05) is 17.2 Å². The van der Waals surface area contributed by atoms with Gasteiger partial charge in [-0.1, -0.05) is 6.07 Å². The molecule has 0 radical (unpaired) electrons. The summed E-state index contributed by atoms with van der Waals surface area (Å²) in [5.41, 5.74) is 6.97. The van der Waals surface area contributed by atoms with Gasteiger partial charge in [-0.2, -0.15) is 15.1 Å². The van der Waals surface area contributed by atoms with Crippen molar-refractivity contribution in [1.82, 2.24) is 20.2 Å². The summed E-state index contributed by atoms with van der Waals surface area (Å²) in [7, 11) is 0. The topological polar surface area (TPSA) is 83.7 Å². The lowest BCUT2D eigenvalue weighted by atomic mass is 10.2. The second kappa shape index (κ2) is 4.76. The number of nitrogen functional groups attached to an aromatic ring is 1. The monoisotopic (exact) mass is 272 g/mol. The lowest BCUT2D eigenvalue weighted by molar-refractivity contribution is 0.627. The van der Waals surface area contributed by atoms with Crippen LogP contribution in [0.15, 0.2) is 30.5 Å². The van der Waals surface area contributed by atoms with Crippen molar-refractivity contribution >= 4 is 28.5 Å². The van der Waals surface area contributed by atoms with Crippen LogP contribution >= 0.6 is 0 Å². The Labute approximate surface area is 114 Å². The van der Waals surface area contributed by atoms with Crippen molar-refractivity contribution in [2.24, 2.45) is 0 Å². The molecule has 0 saturated carbocycles. The predicted molar refractivity (Wildman–Crippen MR) is 75.2 cm³/mol. The van der Waals surface area contributed by atoms with Crippen LogP contribution in [0.1, 0.15) is 6.92 Å². The highest BCUT2D eigenvalue weighted by Gasteiger charge is 2.16. The third-order valence-corrected chi connectivity index (χ3v) is 3.00. The number of aromatic nitrogens is 4. The third kappa shape index (κ3) is 2.03. The molecule has 0 atom stereocenters. The number of hydrogen-bond acceptors (Lipinski definition) is 5. The molecule has 3 rings (SSSR count). The van der Waals surface area contributed by atoms with Gasteiger partial charge < -0.3 is 10.6 Å². The minimum atomic E-state index is -0.300. The Morgan fingerprint density at radius 3 is 2.95 bits per heavy atom. The number of halogens is 1. The van der Waals surface area contributed by atoms with E-state index in [0.29, 0.717) is 23.7 Å². The van der Waals surface area contributed by atoms with Gasteiger partial charge >= 0.3 is 0 Å². The number of anilines is 3. The van der Waals surface area contributed by atoms with Crippen LogP contribution in [0.25, 0.3) is 11.0 Å². The van der Waals surface area contributed by atoms with E-state index in [4.69, 9.17) is 5.73 Å². The van der Waals surface area contributed by atoms with Gasteiger partial charge in [0.2, 0.25) is 5.95 Å². The lowest BCUT2D eigenvalue weighted by Gasteiger charge is -2.22. The van der Waals surface area contributed by atoms with Gasteiger partial charge in [0.25, 0.3) is 0 Å². The number of fused-ring (bicyclic) bond motifs is 1. The van der Waals surface area contributed by atoms with E-state index in [-0.39, 0.29) is 11.8 Å². The van der Waals surface area contributed by atoms with Crippen molar-refractivity contribution in [3.8, 4) is 0 Å². The molecular formula is C13H13FN6. The van der Waals surface area contributed by atoms with Crippen molar-refractivity contribution < 1.29 is 4.39 Å². The summed E-state index contributed by atoms with van der Waals surface area (Å²) in [6.45, 7) is 2.56. The summed E-state index contributed by atoms with van der Waals surface area (Å²) in [5, 5.41) is 7.45. The maximum absolute atomic E-state index is 13.4. The highest BCUT2D eigenvalue weighted by molar-refractivity contribution is 5.89. The van der Waals surface area contributed by atoms with E-state index in [1.54, 1.807) is 12.3 Å². The minimum Gasteiger partial charge on any atom is -0.368 e. The van der Waals surface area contributed by atoms with Crippen LogP contribution in [0, 0.1) is 5.82 Å². The first-order valence-corrected chi connectivity index (χ1v) is 6.18. The number of H-pyrrole nitrogens is 1. The number of nitrogens with one attached hydrogen (secondary N) is 1. The summed E-state index contributed by atoms with van der Waals surface area (Å²) in [5.74, 6) is 0.451. The van der Waals surface area contributed by atoms with Crippen LogP contribution < -0.4 is 10.6 Å². The largest absolute Gasteiger partial charge is 0.368 e. The minimum absolute atomic E-state index is 0.145. The molecule has 6 nitrogen and oxygen atoms in total. The van der Waals surface area contributed by atoms with Crippen LogP contribution in [0.3, 0.4) is 0 Å². The molecule has 1 aromatic carbocycles. The fourth-order valence-corrected chi connectivity index (χ4v) is 2.14. The predicted octanol–water partition coefficient (Wildman–Crippen LogP) is 2.23. The first-order valence-electron chi connectivity index (χ1n) is 6.18. The maximum atomic E-state index is 13.4.